The van der Waals surface area contributed by atoms with E-state index in [1.807, 2.05) is 5.32 Å². The number of nitrogens with zero attached hydrogens (tertiary/aromatic N) is 1. The van der Waals surface area contributed by atoms with Crippen LogP contribution in [0.3, 0.4) is 0 Å². The monoisotopic (exact) mass is 350 g/mol. The van der Waals surface area contributed by atoms with Gasteiger partial charge in [-0.05, 0) is 12.1 Å². The molecule has 0 saturated carbocycles. The predicted octanol–water partition coefficient (Wildman–Crippen LogP) is -0.663. The smallest absolute Gasteiger partial charge is 0.316 e. The summed E-state index contributed by atoms with van der Waals surface area (Å²) in [6, 6.07) is 6.09. The molecule has 1 aromatic carbocycles. The standard InChI is InChI=1S/C14H14N4O5S/c15-9-4-2-1-3-8(9)11(20)17-13(22)12(21)16-5-6-18-10(19)7-24-14(18)23/h1-4H,5-7,15H2,(H,16,21)(H,17,20,22). The lowest BCUT2D eigenvalue weighted by Gasteiger charge is -2.13. The van der Waals surface area contributed by atoms with Gasteiger partial charge in [-0.15, -0.1) is 0 Å². The first kappa shape index (κ1) is 17.5. The second kappa shape index (κ2) is 7.59. The zero-order valence-electron chi connectivity index (χ0n) is 12.4. The number of thioether (sulfide) groups is 1. The van der Waals surface area contributed by atoms with E-state index < -0.39 is 23.0 Å². The SMILES string of the molecule is Nc1ccccc1C(=O)NC(=O)C(=O)NCCN1C(=O)CSC1=O. The van der Waals surface area contributed by atoms with Crippen LogP contribution in [0.2, 0.25) is 0 Å². The topological polar surface area (TPSA) is 139 Å². The number of imide groups is 2. The molecule has 0 aromatic heterocycles. The molecule has 0 atom stereocenters. The number of anilines is 1. The van der Waals surface area contributed by atoms with Gasteiger partial charge in [-0.3, -0.25) is 34.2 Å². The summed E-state index contributed by atoms with van der Waals surface area (Å²) in [7, 11) is 0. The normalized spacial score (nSPS) is 13.8. The molecule has 126 valence electrons. The van der Waals surface area contributed by atoms with Gasteiger partial charge in [-0.25, -0.2) is 0 Å². The summed E-state index contributed by atoms with van der Waals surface area (Å²) < 4.78 is 0. The molecule has 1 saturated heterocycles. The highest BCUT2D eigenvalue weighted by Gasteiger charge is 2.29. The van der Waals surface area contributed by atoms with Crippen LogP contribution >= 0.6 is 11.8 Å². The minimum atomic E-state index is -1.16. The zero-order chi connectivity index (χ0) is 17.7. The number of benzene rings is 1. The van der Waals surface area contributed by atoms with Crippen LogP contribution < -0.4 is 16.4 Å². The van der Waals surface area contributed by atoms with E-state index in [1.165, 1.54) is 12.1 Å². The molecule has 4 N–H and O–H groups in total. The molecule has 0 bridgehead atoms. The lowest BCUT2D eigenvalue weighted by atomic mass is 10.1. The Morgan fingerprint density at radius 2 is 1.88 bits per heavy atom. The van der Waals surface area contributed by atoms with Crippen LogP contribution in [0, 0.1) is 0 Å². The number of amides is 5. The van der Waals surface area contributed by atoms with E-state index in [0.717, 1.165) is 16.7 Å². The molecule has 1 aliphatic heterocycles. The van der Waals surface area contributed by atoms with Crippen LogP contribution in [0.1, 0.15) is 10.4 Å². The van der Waals surface area contributed by atoms with Crippen molar-refractivity contribution in [3.05, 3.63) is 29.8 Å². The molecular weight excluding hydrogens is 336 g/mol. The van der Waals surface area contributed by atoms with Gasteiger partial charge in [0.05, 0.1) is 11.3 Å². The fourth-order valence-corrected chi connectivity index (χ4v) is 2.64. The Morgan fingerprint density at radius 3 is 2.50 bits per heavy atom. The molecular formula is C14H14N4O5S. The number of hydrogen-bond donors (Lipinski definition) is 3. The number of nitrogen functional groups attached to an aromatic ring is 1. The van der Waals surface area contributed by atoms with Crippen LogP contribution in [0.5, 0.6) is 0 Å². The number of hydrogen-bond acceptors (Lipinski definition) is 7. The minimum absolute atomic E-state index is 0.0384. The number of carbonyl (C=O) groups is 5. The van der Waals surface area contributed by atoms with Crippen LogP contribution in [0.25, 0.3) is 0 Å². The van der Waals surface area contributed by atoms with Crippen molar-refractivity contribution >= 4 is 46.3 Å². The highest BCUT2D eigenvalue weighted by Crippen LogP contribution is 2.17. The van der Waals surface area contributed by atoms with Gasteiger partial charge in [-0.1, -0.05) is 23.9 Å². The molecule has 1 aliphatic rings. The Bertz CT molecular complexity index is 705. The summed E-state index contributed by atoms with van der Waals surface area (Å²) in [6.07, 6.45) is 0. The van der Waals surface area contributed by atoms with Crippen molar-refractivity contribution in [2.75, 3.05) is 24.6 Å². The maximum Gasteiger partial charge on any atom is 0.316 e. The molecule has 24 heavy (non-hydrogen) atoms. The van der Waals surface area contributed by atoms with Crippen molar-refractivity contribution in [1.82, 2.24) is 15.5 Å². The summed E-state index contributed by atoms with van der Waals surface area (Å²) in [5, 5.41) is 3.75. The van der Waals surface area contributed by atoms with Crippen molar-refractivity contribution in [3.63, 3.8) is 0 Å². The first-order valence-corrected chi connectivity index (χ1v) is 7.84. The van der Waals surface area contributed by atoms with Crippen LogP contribution in [-0.4, -0.2) is 52.6 Å². The van der Waals surface area contributed by atoms with E-state index in [0.29, 0.717) is 0 Å². The second-order valence-corrected chi connectivity index (χ2v) is 5.65. The largest absolute Gasteiger partial charge is 0.398 e. The molecule has 1 fully saturated rings. The van der Waals surface area contributed by atoms with Gasteiger partial charge in [0, 0.05) is 18.8 Å². The second-order valence-electron chi connectivity index (χ2n) is 4.73. The quantitative estimate of drug-likeness (QED) is 0.484. The summed E-state index contributed by atoms with van der Waals surface area (Å²) in [6.45, 7) is -0.130. The lowest BCUT2D eigenvalue weighted by molar-refractivity contribution is -0.138. The van der Waals surface area contributed by atoms with Crippen LogP contribution in [-0.2, 0) is 14.4 Å². The third-order valence-electron chi connectivity index (χ3n) is 3.10. The van der Waals surface area contributed by atoms with Gasteiger partial charge in [-0.2, -0.15) is 0 Å². The molecule has 9 nitrogen and oxygen atoms in total. The van der Waals surface area contributed by atoms with Gasteiger partial charge >= 0.3 is 11.8 Å². The van der Waals surface area contributed by atoms with Gasteiger partial charge in [0.1, 0.15) is 0 Å². The molecule has 1 aromatic rings. The summed E-state index contributed by atoms with van der Waals surface area (Å²) in [5.41, 5.74) is 5.85. The molecule has 5 amide bonds. The van der Waals surface area contributed by atoms with Gasteiger partial charge in [0.2, 0.25) is 5.91 Å². The van der Waals surface area contributed by atoms with E-state index in [-0.39, 0.29) is 36.0 Å². The highest BCUT2D eigenvalue weighted by atomic mass is 32.2. The maximum absolute atomic E-state index is 11.9. The predicted molar refractivity (Wildman–Crippen MR) is 85.9 cm³/mol. The summed E-state index contributed by atoms with van der Waals surface area (Å²) in [5.74, 6) is -3.28. The molecule has 0 spiro atoms. The number of para-hydroxylation sites is 1. The van der Waals surface area contributed by atoms with Crippen molar-refractivity contribution in [2.45, 2.75) is 0 Å². The molecule has 2 rings (SSSR count). The number of rotatable bonds is 4. The van der Waals surface area contributed by atoms with Crippen LogP contribution in [0.4, 0.5) is 10.5 Å². The Labute approximate surface area is 140 Å². The fraction of sp³-hybridized carbons (Fsp3) is 0.214. The highest BCUT2D eigenvalue weighted by molar-refractivity contribution is 8.14. The first-order chi connectivity index (χ1) is 11.4. The first-order valence-electron chi connectivity index (χ1n) is 6.85. The van der Waals surface area contributed by atoms with E-state index in [4.69, 9.17) is 5.73 Å². The van der Waals surface area contributed by atoms with Crippen LogP contribution in [0.15, 0.2) is 24.3 Å². The van der Waals surface area contributed by atoms with Crippen molar-refractivity contribution in [1.29, 1.82) is 0 Å². The molecule has 0 unspecified atom stereocenters. The average Bonchev–Trinajstić information content (AvgIpc) is 2.86. The fourth-order valence-electron chi connectivity index (χ4n) is 1.89. The lowest BCUT2D eigenvalue weighted by Crippen LogP contribution is -2.45. The number of nitrogens with two attached hydrogens (primary N) is 1. The van der Waals surface area contributed by atoms with Crippen molar-refractivity contribution in [2.24, 2.45) is 0 Å². The van der Waals surface area contributed by atoms with E-state index >= 15 is 0 Å². The minimum Gasteiger partial charge on any atom is -0.398 e. The third-order valence-corrected chi connectivity index (χ3v) is 3.96. The van der Waals surface area contributed by atoms with Gasteiger partial charge in [0.25, 0.3) is 11.1 Å². The molecule has 1 heterocycles. The van der Waals surface area contributed by atoms with Crippen molar-refractivity contribution in [3.8, 4) is 0 Å². The Kier molecular flexibility index (Phi) is 5.53. The number of carbonyl (C=O) groups excluding carboxylic acids is 5. The Hall–Kier alpha value is -2.88. The average molecular weight is 350 g/mol. The molecule has 0 aliphatic carbocycles. The summed E-state index contributed by atoms with van der Waals surface area (Å²) >= 11 is 0.875. The summed E-state index contributed by atoms with van der Waals surface area (Å²) in [4.78, 5) is 58.8. The third kappa shape index (κ3) is 4.10. The van der Waals surface area contributed by atoms with E-state index in [9.17, 15) is 24.0 Å². The van der Waals surface area contributed by atoms with E-state index in [2.05, 4.69) is 5.32 Å². The Morgan fingerprint density at radius 1 is 1.17 bits per heavy atom. The molecule has 0 radical (unpaired) electrons. The Balaban J connectivity index is 1.81. The number of nitrogens with one attached hydrogen (secondary N) is 2. The molecule has 10 heteroatoms. The zero-order valence-corrected chi connectivity index (χ0v) is 13.2. The van der Waals surface area contributed by atoms with E-state index in [1.54, 1.807) is 12.1 Å². The maximum atomic E-state index is 11.9. The van der Waals surface area contributed by atoms with Gasteiger partial charge < -0.3 is 11.1 Å². The van der Waals surface area contributed by atoms with Crippen molar-refractivity contribution < 1.29 is 24.0 Å². The van der Waals surface area contributed by atoms with Gasteiger partial charge in [0.15, 0.2) is 0 Å².